The Labute approximate surface area is 225 Å². The normalized spacial score (nSPS) is 16.2. The van der Waals surface area contributed by atoms with Crippen LogP contribution in [0.4, 0.5) is 11.6 Å². The number of hydrogen-bond acceptors (Lipinski definition) is 11. The summed E-state index contributed by atoms with van der Waals surface area (Å²) in [5.41, 5.74) is 11.8. The number of nitrogens with zero attached hydrogens (tertiary/aromatic N) is 5. The van der Waals surface area contributed by atoms with Gasteiger partial charge in [0.2, 0.25) is 0 Å². The molecule has 2 aliphatic rings. The highest BCUT2D eigenvalue weighted by Crippen LogP contribution is 2.28. The summed E-state index contributed by atoms with van der Waals surface area (Å²) in [7, 11) is 0. The SMILES string of the molecule is Nc1nc(N)c(C(=O)NC2=NCC3(CCN(C(=O)c4ccc(Oc5cccnc5)o4)CC3)N2)nc1CI. The number of nitrogens with one attached hydrogen (secondary N) is 2. The summed E-state index contributed by atoms with van der Waals surface area (Å²) in [5, 5.41) is 6.03. The van der Waals surface area contributed by atoms with Gasteiger partial charge in [0.15, 0.2) is 23.2 Å². The zero-order chi connectivity index (χ0) is 26.0. The molecule has 13 nitrogen and oxygen atoms in total. The standard InChI is InChI=1S/C23H24IN9O4/c24-10-14-18(25)30-19(26)17(29-14)20(34)31-22-28-12-23(32-22)5-8-33(9-6-23)21(35)15-3-4-16(37-15)36-13-2-1-7-27-11-13/h1-4,7,11H,5-6,8-10,12H2,(H4,25,26,30)(H2,28,31,32,34). The van der Waals surface area contributed by atoms with Crippen molar-refractivity contribution in [3.05, 3.63) is 53.8 Å². The molecule has 0 aromatic carbocycles. The average molecular weight is 617 g/mol. The number of carbonyl (C=O) groups is 2. The van der Waals surface area contributed by atoms with Crippen LogP contribution >= 0.6 is 22.6 Å². The summed E-state index contributed by atoms with van der Waals surface area (Å²) in [6.07, 6.45) is 4.48. The van der Waals surface area contributed by atoms with E-state index in [9.17, 15) is 9.59 Å². The lowest BCUT2D eigenvalue weighted by Gasteiger charge is -2.38. The molecule has 5 heterocycles. The fourth-order valence-electron chi connectivity index (χ4n) is 4.15. The van der Waals surface area contributed by atoms with E-state index in [0.29, 0.717) is 54.3 Å². The molecule has 37 heavy (non-hydrogen) atoms. The van der Waals surface area contributed by atoms with Gasteiger partial charge in [0, 0.05) is 29.8 Å². The highest BCUT2D eigenvalue weighted by atomic mass is 127. The Morgan fingerprint density at radius 3 is 2.73 bits per heavy atom. The van der Waals surface area contributed by atoms with Crippen LogP contribution in [0.3, 0.4) is 0 Å². The molecule has 3 aromatic rings. The quantitative estimate of drug-likeness (QED) is 0.243. The lowest BCUT2D eigenvalue weighted by molar-refractivity contribution is 0.0632. The van der Waals surface area contributed by atoms with Gasteiger partial charge in [0.1, 0.15) is 11.6 Å². The molecular weight excluding hydrogens is 593 g/mol. The van der Waals surface area contributed by atoms with Gasteiger partial charge in [-0.05, 0) is 31.0 Å². The molecule has 1 spiro atoms. The van der Waals surface area contributed by atoms with Crippen molar-refractivity contribution in [2.75, 3.05) is 31.1 Å². The fourth-order valence-corrected chi connectivity index (χ4v) is 4.71. The van der Waals surface area contributed by atoms with Crippen molar-refractivity contribution >= 4 is 52.0 Å². The number of amides is 2. The van der Waals surface area contributed by atoms with Gasteiger partial charge in [-0.3, -0.25) is 24.9 Å². The van der Waals surface area contributed by atoms with E-state index < -0.39 is 5.91 Å². The molecule has 1 fully saturated rings. The van der Waals surface area contributed by atoms with Crippen molar-refractivity contribution in [2.24, 2.45) is 4.99 Å². The first kappa shape index (κ1) is 24.7. The summed E-state index contributed by atoms with van der Waals surface area (Å²) >= 11 is 2.09. The Morgan fingerprint density at radius 1 is 1.19 bits per heavy atom. The number of pyridine rings is 1. The zero-order valence-electron chi connectivity index (χ0n) is 19.6. The number of halogens is 1. The van der Waals surface area contributed by atoms with E-state index in [2.05, 4.69) is 53.2 Å². The van der Waals surface area contributed by atoms with Crippen molar-refractivity contribution in [2.45, 2.75) is 22.8 Å². The minimum absolute atomic E-state index is 0.00273. The molecule has 6 N–H and O–H groups in total. The number of ether oxygens (including phenoxy) is 1. The van der Waals surface area contributed by atoms with E-state index in [-0.39, 0.29) is 40.5 Å². The number of aromatic nitrogens is 3. The van der Waals surface area contributed by atoms with E-state index in [1.807, 2.05) is 0 Å². The molecule has 0 aliphatic carbocycles. The van der Waals surface area contributed by atoms with Gasteiger partial charge in [-0.15, -0.1) is 0 Å². The lowest BCUT2D eigenvalue weighted by Crippen LogP contribution is -2.56. The van der Waals surface area contributed by atoms with Crippen LogP contribution in [0.15, 0.2) is 46.1 Å². The molecule has 0 atom stereocenters. The number of aliphatic imine (C=N–C) groups is 1. The minimum Gasteiger partial charge on any atom is -0.424 e. The second-order valence-corrected chi connectivity index (χ2v) is 9.41. The first-order chi connectivity index (χ1) is 17.9. The van der Waals surface area contributed by atoms with Gasteiger partial charge >= 0.3 is 0 Å². The third kappa shape index (κ3) is 5.28. The van der Waals surface area contributed by atoms with Crippen LogP contribution in [0.5, 0.6) is 11.7 Å². The molecule has 1 saturated heterocycles. The minimum atomic E-state index is -0.519. The van der Waals surface area contributed by atoms with E-state index >= 15 is 0 Å². The molecule has 0 radical (unpaired) electrons. The zero-order valence-corrected chi connectivity index (χ0v) is 21.8. The highest BCUT2D eigenvalue weighted by Gasteiger charge is 2.40. The number of alkyl halides is 1. The summed E-state index contributed by atoms with van der Waals surface area (Å²) in [6.45, 7) is 1.46. The molecule has 2 amide bonds. The van der Waals surface area contributed by atoms with Gasteiger partial charge in [-0.1, -0.05) is 22.6 Å². The Morgan fingerprint density at radius 2 is 2.00 bits per heavy atom. The van der Waals surface area contributed by atoms with E-state index in [0.717, 1.165) is 0 Å². The van der Waals surface area contributed by atoms with Crippen molar-refractivity contribution < 1.29 is 18.7 Å². The number of hydrogen-bond donors (Lipinski definition) is 4. The summed E-state index contributed by atoms with van der Waals surface area (Å²) in [4.78, 5) is 44.1. The van der Waals surface area contributed by atoms with Gasteiger partial charge in [-0.2, -0.15) is 0 Å². The number of carbonyl (C=O) groups excluding carboxylic acids is 2. The molecule has 3 aromatic heterocycles. The summed E-state index contributed by atoms with van der Waals surface area (Å²) in [6, 6.07) is 6.69. The monoisotopic (exact) mass is 617 g/mol. The summed E-state index contributed by atoms with van der Waals surface area (Å²) < 4.78 is 11.7. The average Bonchev–Trinajstić information content (AvgIpc) is 3.52. The number of nitrogen functional groups attached to an aromatic ring is 2. The molecule has 5 rings (SSSR count). The van der Waals surface area contributed by atoms with Crippen molar-refractivity contribution in [3.8, 4) is 11.7 Å². The van der Waals surface area contributed by atoms with Crippen LogP contribution in [-0.4, -0.2) is 62.8 Å². The highest BCUT2D eigenvalue weighted by molar-refractivity contribution is 14.1. The van der Waals surface area contributed by atoms with Crippen molar-refractivity contribution in [1.82, 2.24) is 30.5 Å². The number of rotatable bonds is 5. The predicted octanol–water partition coefficient (Wildman–Crippen LogP) is 1.72. The molecule has 0 saturated carbocycles. The van der Waals surface area contributed by atoms with Gasteiger partial charge in [-0.25, -0.2) is 9.97 Å². The van der Waals surface area contributed by atoms with Gasteiger partial charge in [0.25, 0.3) is 17.8 Å². The van der Waals surface area contributed by atoms with Crippen LogP contribution in [0.2, 0.25) is 0 Å². The third-order valence-electron chi connectivity index (χ3n) is 6.18. The predicted molar refractivity (Wildman–Crippen MR) is 142 cm³/mol. The number of guanidine groups is 1. The maximum atomic E-state index is 13.0. The molecule has 192 valence electrons. The third-order valence-corrected chi connectivity index (χ3v) is 6.90. The van der Waals surface area contributed by atoms with Crippen LogP contribution in [0.1, 0.15) is 39.6 Å². The van der Waals surface area contributed by atoms with Gasteiger partial charge in [0.05, 0.1) is 24.0 Å². The van der Waals surface area contributed by atoms with Crippen LogP contribution in [0, 0.1) is 0 Å². The van der Waals surface area contributed by atoms with Gasteiger partial charge < -0.3 is 30.8 Å². The number of nitrogens with two attached hydrogens (primary N) is 2. The number of furan rings is 1. The molecular formula is C23H24IN9O4. The second-order valence-electron chi connectivity index (χ2n) is 8.65. The number of likely N-dealkylation sites (tertiary alicyclic amines) is 1. The Kier molecular flexibility index (Phi) is 6.82. The first-order valence-electron chi connectivity index (χ1n) is 11.4. The lowest BCUT2D eigenvalue weighted by atomic mass is 9.88. The van der Waals surface area contributed by atoms with E-state index in [1.165, 1.54) is 0 Å². The topological polar surface area (TPSA) is 187 Å². The second kappa shape index (κ2) is 10.2. The largest absolute Gasteiger partial charge is 0.424 e. The molecule has 0 bridgehead atoms. The maximum absolute atomic E-state index is 13.0. The Balaban J connectivity index is 1.15. The Bertz CT molecular complexity index is 1350. The maximum Gasteiger partial charge on any atom is 0.290 e. The van der Waals surface area contributed by atoms with E-state index in [1.54, 1.807) is 41.6 Å². The smallest absolute Gasteiger partial charge is 0.290 e. The molecule has 14 heteroatoms. The fraction of sp³-hybridized carbons (Fsp3) is 0.304. The van der Waals surface area contributed by atoms with Crippen molar-refractivity contribution in [1.29, 1.82) is 0 Å². The summed E-state index contributed by atoms with van der Waals surface area (Å²) in [5.74, 6) is 0.688. The van der Waals surface area contributed by atoms with Crippen molar-refractivity contribution in [3.63, 3.8) is 0 Å². The van der Waals surface area contributed by atoms with Crippen LogP contribution in [-0.2, 0) is 4.43 Å². The molecule has 2 aliphatic heterocycles. The van der Waals surface area contributed by atoms with Crippen LogP contribution in [0.25, 0.3) is 0 Å². The van der Waals surface area contributed by atoms with E-state index in [4.69, 9.17) is 20.6 Å². The first-order valence-corrected chi connectivity index (χ1v) is 13.0. The Hall–Kier alpha value is -3.95. The molecule has 0 unspecified atom stereocenters. The number of anilines is 2. The number of piperidine rings is 1. The van der Waals surface area contributed by atoms with Crippen LogP contribution < -0.4 is 26.8 Å².